The van der Waals surface area contributed by atoms with E-state index in [0.29, 0.717) is 24.3 Å². The van der Waals surface area contributed by atoms with E-state index in [4.69, 9.17) is 10.5 Å². The van der Waals surface area contributed by atoms with Gasteiger partial charge in [0.15, 0.2) is 0 Å². The Morgan fingerprint density at radius 3 is 2.48 bits per heavy atom. The lowest BCUT2D eigenvalue weighted by Crippen LogP contribution is -2.37. The van der Waals surface area contributed by atoms with Gasteiger partial charge in [-0.15, -0.1) is 0 Å². The van der Waals surface area contributed by atoms with Crippen LogP contribution in [0.5, 0.6) is 0 Å². The fraction of sp³-hybridized carbons (Fsp3) is 0.531. The maximum Gasteiger partial charge on any atom is 0.433 e. The zero-order valence-corrected chi connectivity index (χ0v) is 29.7. The van der Waals surface area contributed by atoms with Gasteiger partial charge in [0, 0.05) is 52.0 Å². The molecular formula is C32H47F3N8O3S2. The van der Waals surface area contributed by atoms with Crippen LogP contribution in [0.4, 0.5) is 36.2 Å². The van der Waals surface area contributed by atoms with Gasteiger partial charge >= 0.3 is 6.18 Å². The topological polar surface area (TPSA) is 129 Å². The lowest BCUT2D eigenvalue weighted by molar-refractivity contribution is -0.141. The number of piperidine rings is 1. The number of pyridine rings is 2. The van der Waals surface area contributed by atoms with Crippen LogP contribution in [0.2, 0.25) is 0 Å². The van der Waals surface area contributed by atoms with Crippen LogP contribution in [-0.2, 0) is 27.0 Å². The first-order valence-corrected chi connectivity index (χ1v) is 18.2. The van der Waals surface area contributed by atoms with Gasteiger partial charge in [-0.05, 0) is 67.3 Å². The predicted molar refractivity (Wildman–Crippen MR) is 192 cm³/mol. The number of rotatable bonds is 15. The number of nitrogens with two attached hydrogens (primary N) is 1. The number of nitrogen functional groups attached to an aromatic ring is 1. The normalized spacial score (nSPS) is 14.4. The molecule has 4 rings (SSSR count). The van der Waals surface area contributed by atoms with Crippen LogP contribution in [0.15, 0.2) is 40.5 Å². The second-order valence-corrected chi connectivity index (χ2v) is 12.9. The first kappa shape index (κ1) is 40.8. The van der Waals surface area contributed by atoms with Gasteiger partial charge in [-0.25, -0.2) is 9.97 Å². The summed E-state index contributed by atoms with van der Waals surface area (Å²) in [6.07, 6.45) is 7.90. The van der Waals surface area contributed by atoms with Crippen molar-refractivity contribution in [3.05, 3.63) is 46.8 Å². The van der Waals surface area contributed by atoms with Crippen molar-refractivity contribution >= 4 is 63.6 Å². The van der Waals surface area contributed by atoms with E-state index in [1.54, 1.807) is 54.1 Å². The number of aromatic nitrogens is 2. The van der Waals surface area contributed by atoms with Crippen LogP contribution in [-0.4, -0.2) is 86.6 Å². The fourth-order valence-corrected chi connectivity index (χ4v) is 6.55. The standard InChI is InChI=1S/C22H28F3N7O2.C8H13NOS2.C2H6/c1-30(17-11-18(22(23,24)25)29-21(26)20(17)28-14-33)13-16-5-6-19(27-12-16)32(15-34)10-9-31-7-3-2-4-8-31;1-10-6-7-11-12-8-4-2-3-5-9-8;1-2/h5-6,11-12,14-15H,2-4,7-10,13H2,1H3,(H2,26,29)(H,28,33);4-5H,2-3,6-7H2,1H3;1-2H3. The molecule has 11 nitrogen and oxygen atoms in total. The van der Waals surface area contributed by atoms with Crippen molar-refractivity contribution in [2.24, 2.45) is 4.99 Å². The number of nitrogens with zero attached hydrogens (tertiary/aromatic N) is 6. The molecule has 1 saturated heterocycles. The van der Waals surface area contributed by atoms with Crippen LogP contribution in [0, 0.1) is 0 Å². The number of hydrogen-bond acceptors (Lipinski definition) is 11. The van der Waals surface area contributed by atoms with Gasteiger partial charge in [0.05, 0.1) is 12.3 Å². The summed E-state index contributed by atoms with van der Waals surface area (Å²) < 4.78 is 44.6. The number of likely N-dealkylation sites (tertiary alicyclic amines) is 1. The molecule has 0 atom stereocenters. The SMILES string of the molecule is CC.CN(Cc1ccc(N(C=O)CCN2CCCCC2)nc1)c1cc(C(F)(F)F)nc(N)c1NC=O.COCCSSC1=CCCC=N1. The van der Waals surface area contributed by atoms with Gasteiger partial charge in [0.25, 0.3) is 0 Å². The maximum atomic E-state index is 13.2. The van der Waals surface area contributed by atoms with Gasteiger partial charge in [-0.1, -0.05) is 43.2 Å². The summed E-state index contributed by atoms with van der Waals surface area (Å²) in [6, 6.07) is 4.28. The minimum absolute atomic E-state index is 0.0140. The Kier molecular flexibility index (Phi) is 19.0. The fourth-order valence-electron chi connectivity index (χ4n) is 4.66. The Labute approximate surface area is 289 Å². The van der Waals surface area contributed by atoms with Gasteiger partial charge in [0.1, 0.15) is 28.0 Å². The molecule has 0 spiro atoms. The number of alkyl halides is 3. The number of hydrogen-bond donors (Lipinski definition) is 2. The van der Waals surface area contributed by atoms with Gasteiger partial charge in [-0.3, -0.25) is 19.5 Å². The van der Waals surface area contributed by atoms with E-state index in [2.05, 4.69) is 31.3 Å². The second kappa shape index (κ2) is 22.3. The van der Waals surface area contributed by atoms with E-state index in [1.807, 2.05) is 20.1 Å². The van der Waals surface area contributed by atoms with Gasteiger partial charge in [-0.2, -0.15) is 13.2 Å². The number of methoxy groups -OCH3 is 1. The zero-order valence-electron chi connectivity index (χ0n) is 28.0. The third kappa shape index (κ3) is 14.0. The highest BCUT2D eigenvalue weighted by atomic mass is 33.1. The van der Waals surface area contributed by atoms with Crippen molar-refractivity contribution in [2.45, 2.75) is 58.7 Å². The molecule has 2 amide bonds. The van der Waals surface area contributed by atoms with Crippen LogP contribution in [0.25, 0.3) is 0 Å². The van der Waals surface area contributed by atoms with Crippen LogP contribution in [0.1, 0.15) is 57.2 Å². The number of nitrogens with one attached hydrogen (secondary N) is 1. The second-order valence-electron chi connectivity index (χ2n) is 10.5. The quantitative estimate of drug-likeness (QED) is 0.120. The minimum atomic E-state index is -4.70. The number of allylic oxidation sites excluding steroid dienone is 1. The minimum Gasteiger partial charge on any atom is -0.384 e. The Bertz CT molecular complexity index is 1310. The molecule has 2 aliphatic heterocycles. The highest BCUT2D eigenvalue weighted by Crippen LogP contribution is 2.37. The Balaban J connectivity index is 0.000000478. The highest BCUT2D eigenvalue weighted by molar-refractivity contribution is 8.78. The number of anilines is 4. The number of carbonyl (C=O) groups is 2. The average Bonchev–Trinajstić information content (AvgIpc) is 3.10. The summed E-state index contributed by atoms with van der Waals surface area (Å²) in [4.78, 5) is 39.9. The van der Waals surface area contributed by atoms with Crippen molar-refractivity contribution in [1.29, 1.82) is 0 Å². The first-order chi connectivity index (χ1) is 23.2. The van der Waals surface area contributed by atoms with E-state index in [0.717, 1.165) is 62.3 Å². The number of amides is 2. The zero-order chi connectivity index (χ0) is 35.4. The molecule has 48 heavy (non-hydrogen) atoms. The summed E-state index contributed by atoms with van der Waals surface area (Å²) in [6.45, 7) is 8.34. The lowest BCUT2D eigenvalue weighted by atomic mass is 10.1. The molecule has 1 fully saturated rings. The van der Waals surface area contributed by atoms with E-state index in [1.165, 1.54) is 29.1 Å². The van der Waals surface area contributed by atoms with Crippen LogP contribution >= 0.6 is 21.6 Å². The Morgan fingerprint density at radius 2 is 1.90 bits per heavy atom. The molecule has 2 aromatic heterocycles. The summed E-state index contributed by atoms with van der Waals surface area (Å²) in [5.74, 6) is 1.08. The molecule has 0 unspecified atom stereocenters. The number of halogens is 3. The van der Waals surface area contributed by atoms with Crippen molar-refractivity contribution in [1.82, 2.24) is 14.9 Å². The van der Waals surface area contributed by atoms with Gasteiger partial charge < -0.3 is 25.6 Å². The molecule has 16 heteroatoms. The molecule has 0 bridgehead atoms. The van der Waals surface area contributed by atoms with Crippen molar-refractivity contribution in [3.8, 4) is 0 Å². The highest BCUT2D eigenvalue weighted by Gasteiger charge is 2.34. The monoisotopic (exact) mass is 712 g/mol. The molecule has 2 aliphatic rings. The smallest absolute Gasteiger partial charge is 0.384 e. The predicted octanol–water partition coefficient (Wildman–Crippen LogP) is 6.48. The third-order valence-electron chi connectivity index (χ3n) is 7.04. The van der Waals surface area contributed by atoms with E-state index < -0.39 is 17.7 Å². The largest absolute Gasteiger partial charge is 0.433 e. The van der Waals surface area contributed by atoms with E-state index >= 15 is 0 Å². The van der Waals surface area contributed by atoms with Crippen molar-refractivity contribution in [2.75, 3.05) is 73.5 Å². The summed E-state index contributed by atoms with van der Waals surface area (Å²) >= 11 is 0. The molecular weight excluding hydrogens is 666 g/mol. The molecule has 0 aromatic carbocycles. The van der Waals surface area contributed by atoms with Crippen molar-refractivity contribution in [3.63, 3.8) is 0 Å². The Morgan fingerprint density at radius 1 is 1.15 bits per heavy atom. The summed E-state index contributed by atoms with van der Waals surface area (Å²) in [5.41, 5.74) is 5.25. The molecule has 0 aliphatic carbocycles. The Hall–Kier alpha value is -3.34. The number of aliphatic imine (C=N–C) groups is 1. The van der Waals surface area contributed by atoms with E-state index in [-0.39, 0.29) is 17.9 Å². The molecule has 0 radical (unpaired) electrons. The molecule has 266 valence electrons. The van der Waals surface area contributed by atoms with Crippen LogP contribution in [0.3, 0.4) is 0 Å². The lowest BCUT2D eigenvalue weighted by Gasteiger charge is -2.28. The molecule has 0 saturated carbocycles. The third-order valence-corrected chi connectivity index (χ3v) is 9.30. The molecule has 3 N–H and O–H groups in total. The number of carbonyl (C=O) groups excluding carboxylic acids is 2. The number of ether oxygens (including phenoxy) is 1. The van der Waals surface area contributed by atoms with Gasteiger partial charge in [0.2, 0.25) is 12.8 Å². The summed E-state index contributed by atoms with van der Waals surface area (Å²) in [7, 11) is 6.82. The molecule has 4 heterocycles. The van der Waals surface area contributed by atoms with Crippen LogP contribution < -0.4 is 20.9 Å². The average molecular weight is 713 g/mol. The molecule has 2 aromatic rings. The maximum absolute atomic E-state index is 13.2. The summed E-state index contributed by atoms with van der Waals surface area (Å²) in [5, 5.41) is 3.46. The van der Waals surface area contributed by atoms with Crippen molar-refractivity contribution < 1.29 is 27.5 Å². The first-order valence-electron chi connectivity index (χ1n) is 15.9. The van der Waals surface area contributed by atoms with E-state index in [9.17, 15) is 22.8 Å².